The third kappa shape index (κ3) is 8.52. The Kier molecular flexibility index (Phi) is 11.2. The molecule has 0 bridgehead atoms. The van der Waals surface area contributed by atoms with Gasteiger partial charge in [0.05, 0.1) is 6.67 Å². The molecule has 0 aliphatic carbocycles. The first-order valence-corrected chi connectivity index (χ1v) is 10.0. The van der Waals surface area contributed by atoms with Crippen LogP contribution in [-0.2, 0) is 28.6 Å². The first-order valence-electron chi connectivity index (χ1n) is 10.0. The summed E-state index contributed by atoms with van der Waals surface area (Å²) in [5, 5.41) is 21.4. The highest BCUT2D eigenvalue weighted by molar-refractivity contribution is 5.87. The van der Waals surface area contributed by atoms with Gasteiger partial charge in [0.2, 0.25) is 0 Å². The summed E-state index contributed by atoms with van der Waals surface area (Å²) in [5.41, 5.74) is 0.731. The molecule has 1 saturated heterocycles. The second kappa shape index (κ2) is 13.1. The molecule has 2 N–H and O–H groups in total. The lowest BCUT2D eigenvalue weighted by atomic mass is 10.3. The van der Waals surface area contributed by atoms with Gasteiger partial charge in [-0.3, -0.25) is 0 Å². The van der Waals surface area contributed by atoms with Crippen molar-refractivity contribution in [3.05, 3.63) is 36.5 Å². The monoisotopic (exact) mass is 455 g/mol. The summed E-state index contributed by atoms with van der Waals surface area (Å²) in [7, 11) is 0. The Morgan fingerprint density at radius 2 is 1.03 bits per heavy atom. The quantitative estimate of drug-likeness (QED) is 0.230. The lowest BCUT2D eigenvalue weighted by Crippen LogP contribution is -2.67. The van der Waals surface area contributed by atoms with Gasteiger partial charge in [-0.1, -0.05) is 19.7 Å². The number of esters is 3. The van der Waals surface area contributed by atoms with Crippen molar-refractivity contribution in [3.8, 4) is 0 Å². The minimum atomic E-state index is -1.24. The van der Waals surface area contributed by atoms with Crippen molar-refractivity contribution in [2.45, 2.75) is 33.5 Å². The summed E-state index contributed by atoms with van der Waals surface area (Å²) < 4.78 is 15.2. The highest BCUT2D eigenvalue weighted by Crippen LogP contribution is 2.18. The SMILES string of the molecule is C=C(C)C(=O)OCCN1CN(CCOC(=O)C(=C)C)C(O)N(CCOC(=O)C(=C)C)C1O. The average molecular weight is 456 g/mol. The molecule has 0 radical (unpaired) electrons. The van der Waals surface area contributed by atoms with Crippen molar-refractivity contribution < 1.29 is 38.8 Å². The molecule has 1 fully saturated rings. The van der Waals surface area contributed by atoms with Crippen LogP contribution in [0.3, 0.4) is 0 Å². The maximum atomic E-state index is 11.6. The standard InChI is InChI=1S/C21H33N3O8/c1-14(2)17(25)30-10-7-22-13-23(8-11-31-18(26)15(3)4)21(29)24(20(22)28)9-12-32-19(27)16(5)6/h20-21,28-29H,1,3,5,7-13H2,2,4,6H3. The number of rotatable bonds is 12. The first-order chi connectivity index (χ1) is 15.0. The Bertz CT molecular complexity index is 695. The van der Waals surface area contributed by atoms with Crippen molar-refractivity contribution in [3.63, 3.8) is 0 Å². The molecule has 180 valence electrons. The maximum Gasteiger partial charge on any atom is 0.333 e. The number of nitrogens with zero attached hydrogens (tertiary/aromatic N) is 3. The minimum absolute atomic E-state index is 0.00542. The predicted octanol–water partition coefficient (Wildman–Crippen LogP) is -0.227. The molecule has 0 aromatic rings. The largest absolute Gasteiger partial charge is 0.461 e. The van der Waals surface area contributed by atoms with E-state index in [2.05, 4.69) is 19.7 Å². The Hall–Kier alpha value is -2.57. The van der Waals surface area contributed by atoms with E-state index in [0.29, 0.717) is 0 Å². The fourth-order valence-electron chi connectivity index (χ4n) is 2.65. The van der Waals surface area contributed by atoms with Gasteiger partial charge in [-0.2, -0.15) is 0 Å². The number of ether oxygens (including phenoxy) is 3. The van der Waals surface area contributed by atoms with Gasteiger partial charge in [-0.05, 0) is 20.8 Å². The fourth-order valence-corrected chi connectivity index (χ4v) is 2.65. The van der Waals surface area contributed by atoms with Crippen molar-refractivity contribution in [2.24, 2.45) is 0 Å². The van der Waals surface area contributed by atoms with Crippen molar-refractivity contribution in [1.29, 1.82) is 0 Å². The van der Waals surface area contributed by atoms with Gasteiger partial charge in [-0.25, -0.2) is 29.1 Å². The number of hydrogen-bond donors (Lipinski definition) is 2. The van der Waals surface area contributed by atoms with Crippen LogP contribution in [0, 0.1) is 0 Å². The van der Waals surface area contributed by atoms with Crippen LogP contribution in [0.2, 0.25) is 0 Å². The zero-order chi connectivity index (χ0) is 24.4. The molecule has 0 spiro atoms. The van der Waals surface area contributed by atoms with Gasteiger partial charge in [0.25, 0.3) is 0 Å². The van der Waals surface area contributed by atoms with Crippen LogP contribution in [0.15, 0.2) is 36.5 Å². The lowest BCUT2D eigenvalue weighted by Gasteiger charge is -2.48. The Morgan fingerprint density at radius 1 is 0.719 bits per heavy atom. The second-order valence-corrected chi connectivity index (χ2v) is 7.45. The molecule has 0 aromatic heterocycles. The predicted molar refractivity (Wildman–Crippen MR) is 114 cm³/mol. The van der Waals surface area contributed by atoms with Gasteiger partial charge in [0, 0.05) is 36.4 Å². The fraction of sp³-hybridized carbons (Fsp3) is 0.571. The minimum Gasteiger partial charge on any atom is -0.461 e. The topological polar surface area (TPSA) is 129 Å². The third-order valence-corrected chi connectivity index (χ3v) is 4.46. The third-order valence-electron chi connectivity index (χ3n) is 4.46. The Morgan fingerprint density at radius 3 is 1.34 bits per heavy atom. The maximum absolute atomic E-state index is 11.6. The second-order valence-electron chi connectivity index (χ2n) is 7.45. The van der Waals surface area contributed by atoms with Gasteiger partial charge in [0.15, 0.2) is 12.7 Å². The molecule has 11 nitrogen and oxygen atoms in total. The summed E-state index contributed by atoms with van der Waals surface area (Å²) >= 11 is 0. The van der Waals surface area contributed by atoms with Crippen molar-refractivity contribution in [1.82, 2.24) is 14.7 Å². The van der Waals surface area contributed by atoms with Crippen LogP contribution in [0.5, 0.6) is 0 Å². The zero-order valence-corrected chi connectivity index (χ0v) is 18.9. The van der Waals surface area contributed by atoms with Crippen LogP contribution < -0.4 is 0 Å². The van der Waals surface area contributed by atoms with E-state index in [4.69, 9.17) is 14.2 Å². The number of hydrogen-bond acceptors (Lipinski definition) is 11. The van der Waals surface area contributed by atoms with E-state index in [-0.39, 0.29) is 62.8 Å². The molecule has 1 aliphatic heterocycles. The van der Waals surface area contributed by atoms with Crippen LogP contribution in [0.1, 0.15) is 20.8 Å². The smallest absolute Gasteiger partial charge is 0.333 e. The van der Waals surface area contributed by atoms with E-state index in [1.807, 2.05) is 0 Å². The lowest BCUT2D eigenvalue weighted by molar-refractivity contribution is -0.276. The Labute approximate surface area is 188 Å². The highest BCUT2D eigenvalue weighted by Gasteiger charge is 2.38. The Balaban J connectivity index is 2.79. The van der Waals surface area contributed by atoms with E-state index in [0.717, 1.165) is 0 Å². The van der Waals surface area contributed by atoms with Crippen molar-refractivity contribution >= 4 is 17.9 Å². The van der Waals surface area contributed by atoms with Crippen LogP contribution >= 0.6 is 0 Å². The van der Waals surface area contributed by atoms with Gasteiger partial charge in [0.1, 0.15) is 19.8 Å². The van der Waals surface area contributed by atoms with E-state index in [9.17, 15) is 24.6 Å². The molecule has 0 aromatic carbocycles. The van der Waals surface area contributed by atoms with Crippen LogP contribution in [0.25, 0.3) is 0 Å². The summed E-state index contributed by atoms with van der Waals surface area (Å²) in [6.07, 6.45) is -2.49. The number of carbonyl (C=O) groups excluding carboxylic acids is 3. The molecule has 11 heteroatoms. The molecule has 0 saturated carbocycles. The molecular weight excluding hydrogens is 422 g/mol. The molecule has 2 unspecified atom stereocenters. The van der Waals surface area contributed by atoms with Crippen molar-refractivity contribution in [2.75, 3.05) is 46.1 Å². The molecule has 0 amide bonds. The normalized spacial score (nSPS) is 19.8. The van der Waals surface area contributed by atoms with Crippen LogP contribution in [-0.4, -0.2) is 102 Å². The van der Waals surface area contributed by atoms with E-state index >= 15 is 0 Å². The molecular formula is C21H33N3O8. The first kappa shape index (κ1) is 27.5. The van der Waals surface area contributed by atoms with E-state index < -0.39 is 30.6 Å². The average Bonchev–Trinajstić information content (AvgIpc) is 2.72. The summed E-state index contributed by atoms with van der Waals surface area (Å²) in [5.74, 6) is -1.69. The van der Waals surface area contributed by atoms with E-state index in [1.165, 1.54) is 25.7 Å². The van der Waals surface area contributed by atoms with E-state index in [1.54, 1.807) is 9.80 Å². The summed E-state index contributed by atoms with van der Waals surface area (Å²) in [4.78, 5) is 39.2. The molecule has 32 heavy (non-hydrogen) atoms. The van der Waals surface area contributed by atoms with Gasteiger partial charge < -0.3 is 24.4 Å². The number of aliphatic hydroxyl groups is 2. The molecule has 1 rings (SSSR count). The number of aliphatic hydroxyl groups excluding tert-OH is 2. The molecule has 2 atom stereocenters. The van der Waals surface area contributed by atoms with Gasteiger partial charge >= 0.3 is 17.9 Å². The van der Waals surface area contributed by atoms with Gasteiger partial charge in [-0.15, -0.1) is 0 Å². The summed E-state index contributed by atoms with van der Waals surface area (Å²) in [6, 6.07) is 0. The summed E-state index contributed by atoms with van der Waals surface area (Å²) in [6.45, 7) is 15.3. The zero-order valence-electron chi connectivity index (χ0n) is 18.9. The molecule has 1 aliphatic rings. The highest BCUT2D eigenvalue weighted by atomic mass is 16.5. The number of carbonyl (C=O) groups is 3. The van der Waals surface area contributed by atoms with Crippen LogP contribution in [0.4, 0.5) is 0 Å². The molecule has 1 heterocycles.